The predicted molar refractivity (Wildman–Crippen MR) is 120 cm³/mol. The summed E-state index contributed by atoms with van der Waals surface area (Å²) in [5.41, 5.74) is 7.78. The van der Waals surface area contributed by atoms with Crippen molar-refractivity contribution < 1.29 is 4.79 Å². The zero-order chi connectivity index (χ0) is 20.7. The monoisotopic (exact) mass is 434 g/mol. The van der Waals surface area contributed by atoms with E-state index in [-0.39, 0.29) is 0 Å². The molecule has 0 aliphatic heterocycles. The van der Waals surface area contributed by atoms with Gasteiger partial charge in [-0.1, -0.05) is 59.6 Å². The van der Waals surface area contributed by atoms with Crippen LogP contribution in [-0.4, -0.2) is 22.3 Å². The van der Waals surface area contributed by atoms with Gasteiger partial charge < -0.3 is 0 Å². The zero-order valence-corrected chi connectivity index (χ0v) is 17.3. The summed E-state index contributed by atoms with van der Waals surface area (Å²) in [5.74, 6) is -0.404. The van der Waals surface area contributed by atoms with Crippen LogP contribution in [0.15, 0.2) is 59.7 Å². The van der Waals surface area contributed by atoms with Gasteiger partial charge in [-0.05, 0) is 52.9 Å². The van der Waals surface area contributed by atoms with Gasteiger partial charge in [0.1, 0.15) is 5.69 Å². The molecule has 0 fully saturated rings. The van der Waals surface area contributed by atoms with E-state index in [1.807, 2.05) is 0 Å². The van der Waals surface area contributed by atoms with Crippen LogP contribution >= 0.6 is 23.2 Å². The van der Waals surface area contributed by atoms with Crippen LogP contribution in [0.4, 0.5) is 0 Å². The Labute approximate surface area is 182 Å². The van der Waals surface area contributed by atoms with Crippen molar-refractivity contribution in [3.63, 3.8) is 0 Å². The number of hydrogen-bond donors (Lipinski definition) is 2. The van der Waals surface area contributed by atoms with Gasteiger partial charge in [0.2, 0.25) is 0 Å². The van der Waals surface area contributed by atoms with Crippen molar-refractivity contribution in [2.75, 3.05) is 0 Å². The molecular formula is C23H16Cl2N4O. The number of carbonyl (C=O) groups is 1. The minimum atomic E-state index is -0.404. The third kappa shape index (κ3) is 3.26. The number of aryl methyl sites for hydroxylation is 2. The van der Waals surface area contributed by atoms with Crippen LogP contribution in [0.3, 0.4) is 0 Å². The molecule has 0 radical (unpaired) electrons. The van der Waals surface area contributed by atoms with Crippen LogP contribution < -0.4 is 5.43 Å². The zero-order valence-electron chi connectivity index (χ0n) is 15.7. The molecular weight excluding hydrogens is 419 g/mol. The highest BCUT2D eigenvalue weighted by molar-refractivity contribution is 6.38. The lowest BCUT2D eigenvalue weighted by Crippen LogP contribution is -2.18. The van der Waals surface area contributed by atoms with Crippen molar-refractivity contribution in [2.24, 2.45) is 5.10 Å². The lowest BCUT2D eigenvalue weighted by molar-refractivity contribution is 0.0950. The molecule has 0 saturated carbocycles. The quantitative estimate of drug-likeness (QED) is 0.333. The Morgan fingerprint density at radius 1 is 1.03 bits per heavy atom. The molecule has 1 aliphatic rings. The molecule has 0 bridgehead atoms. The van der Waals surface area contributed by atoms with E-state index in [0.29, 0.717) is 27.0 Å². The van der Waals surface area contributed by atoms with Crippen molar-refractivity contribution in [2.45, 2.75) is 12.8 Å². The van der Waals surface area contributed by atoms with Crippen LogP contribution in [0.2, 0.25) is 10.0 Å². The minimum Gasteiger partial charge on any atom is -0.272 e. The van der Waals surface area contributed by atoms with Crippen molar-refractivity contribution >= 4 is 46.1 Å². The van der Waals surface area contributed by atoms with Gasteiger partial charge in [-0.25, -0.2) is 5.43 Å². The second kappa shape index (κ2) is 7.59. The highest BCUT2D eigenvalue weighted by atomic mass is 35.5. The van der Waals surface area contributed by atoms with Gasteiger partial charge in [0.05, 0.1) is 22.0 Å². The van der Waals surface area contributed by atoms with Crippen LogP contribution in [0.25, 0.3) is 22.0 Å². The molecule has 3 aromatic carbocycles. The Morgan fingerprint density at radius 2 is 1.77 bits per heavy atom. The van der Waals surface area contributed by atoms with Crippen molar-refractivity contribution in [1.82, 2.24) is 15.6 Å². The molecule has 0 atom stereocenters. The molecule has 0 spiro atoms. The fourth-order valence-electron chi connectivity index (χ4n) is 3.90. The largest absolute Gasteiger partial charge is 0.289 e. The second-order valence-corrected chi connectivity index (χ2v) is 7.93. The first-order valence-electron chi connectivity index (χ1n) is 9.48. The Morgan fingerprint density at radius 3 is 2.57 bits per heavy atom. The molecule has 2 N–H and O–H groups in total. The van der Waals surface area contributed by atoms with E-state index in [0.717, 1.165) is 23.8 Å². The first-order valence-corrected chi connectivity index (χ1v) is 10.2. The number of halogens is 2. The van der Waals surface area contributed by atoms with Crippen LogP contribution in [0.5, 0.6) is 0 Å². The summed E-state index contributed by atoms with van der Waals surface area (Å²) in [6.45, 7) is 0. The number of hydrazone groups is 1. The average Bonchev–Trinajstić information content (AvgIpc) is 3.39. The Hall–Kier alpha value is -3.15. The summed E-state index contributed by atoms with van der Waals surface area (Å²) in [6, 6.07) is 17.5. The molecule has 1 aliphatic carbocycles. The Balaban J connectivity index is 1.39. The topological polar surface area (TPSA) is 70.1 Å². The van der Waals surface area contributed by atoms with Gasteiger partial charge in [0.25, 0.3) is 5.91 Å². The van der Waals surface area contributed by atoms with Crippen molar-refractivity contribution in [3.05, 3.63) is 87.0 Å². The normalized spacial score (nSPS) is 12.7. The molecule has 1 aromatic heterocycles. The first kappa shape index (κ1) is 18.9. The summed E-state index contributed by atoms with van der Waals surface area (Å²) in [4.78, 5) is 12.5. The smallest absolute Gasteiger partial charge is 0.272 e. The van der Waals surface area contributed by atoms with E-state index >= 15 is 0 Å². The molecule has 1 amide bonds. The number of carbonyl (C=O) groups excluding carboxylic acids is 1. The molecule has 30 heavy (non-hydrogen) atoms. The summed E-state index contributed by atoms with van der Waals surface area (Å²) in [6.07, 6.45) is 3.55. The third-order valence-corrected chi connectivity index (χ3v) is 5.99. The number of amides is 1. The summed E-state index contributed by atoms with van der Waals surface area (Å²) in [7, 11) is 0. The molecule has 5 nitrogen and oxygen atoms in total. The van der Waals surface area contributed by atoms with E-state index < -0.39 is 5.91 Å². The van der Waals surface area contributed by atoms with E-state index in [9.17, 15) is 4.79 Å². The number of nitrogens with one attached hydrogen (secondary N) is 2. The summed E-state index contributed by atoms with van der Waals surface area (Å²) in [5, 5.41) is 14.5. The highest BCUT2D eigenvalue weighted by Gasteiger charge is 2.18. The number of H-pyrrole nitrogens is 1. The molecule has 0 saturated heterocycles. The average molecular weight is 435 g/mol. The van der Waals surface area contributed by atoms with Gasteiger partial charge in [-0.15, -0.1) is 0 Å². The molecule has 0 unspecified atom stereocenters. The molecule has 1 heterocycles. The maximum Gasteiger partial charge on any atom is 0.289 e. The fourth-order valence-corrected chi connectivity index (χ4v) is 4.39. The van der Waals surface area contributed by atoms with Crippen molar-refractivity contribution in [1.29, 1.82) is 0 Å². The lowest BCUT2D eigenvalue weighted by atomic mass is 9.98. The predicted octanol–water partition coefficient (Wildman–Crippen LogP) is 5.40. The SMILES string of the molecule is O=C(NN=Cc1c(Cl)cccc1Cl)c1cc(-c2ccc3c4c(cccc24)CC3)n[nH]1. The number of benzene rings is 3. The van der Waals surface area contributed by atoms with Gasteiger partial charge in [0, 0.05) is 11.1 Å². The van der Waals surface area contributed by atoms with E-state index in [4.69, 9.17) is 23.2 Å². The summed E-state index contributed by atoms with van der Waals surface area (Å²) < 4.78 is 0. The van der Waals surface area contributed by atoms with Crippen molar-refractivity contribution in [3.8, 4) is 11.3 Å². The van der Waals surface area contributed by atoms with E-state index in [2.05, 4.69) is 51.1 Å². The Kier molecular flexibility index (Phi) is 4.77. The maximum absolute atomic E-state index is 12.5. The minimum absolute atomic E-state index is 0.315. The summed E-state index contributed by atoms with van der Waals surface area (Å²) >= 11 is 12.2. The standard InChI is InChI=1S/C23H16Cl2N4O/c24-18-5-2-6-19(25)17(18)12-26-29-23(30)21-11-20(27-28-21)15-10-9-14-8-7-13-3-1-4-16(15)22(13)14/h1-6,9-12H,7-8H2,(H,27,28)(H,29,30). The number of hydrogen-bond acceptors (Lipinski definition) is 3. The van der Waals surface area contributed by atoms with Gasteiger partial charge in [0.15, 0.2) is 0 Å². The number of rotatable bonds is 4. The van der Waals surface area contributed by atoms with Crippen LogP contribution in [0, 0.1) is 0 Å². The van der Waals surface area contributed by atoms with E-state index in [1.165, 1.54) is 22.7 Å². The van der Waals surface area contributed by atoms with Crippen LogP contribution in [-0.2, 0) is 12.8 Å². The second-order valence-electron chi connectivity index (χ2n) is 7.11. The number of nitrogens with zero attached hydrogens (tertiary/aromatic N) is 2. The maximum atomic E-state index is 12.5. The van der Waals surface area contributed by atoms with Gasteiger partial charge >= 0.3 is 0 Å². The molecule has 7 heteroatoms. The lowest BCUT2D eigenvalue weighted by Gasteiger charge is -2.06. The number of aromatic nitrogens is 2. The third-order valence-electron chi connectivity index (χ3n) is 5.33. The molecule has 148 valence electrons. The highest BCUT2D eigenvalue weighted by Crippen LogP contribution is 2.36. The molecule has 4 aromatic rings. The number of aromatic amines is 1. The van der Waals surface area contributed by atoms with Gasteiger partial charge in [-0.2, -0.15) is 10.2 Å². The van der Waals surface area contributed by atoms with Gasteiger partial charge in [-0.3, -0.25) is 9.89 Å². The van der Waals surface area contributed by atoms with E-state index in [1.54, 1.807) is 24.3 Å². The molecule has 5 rings (SSSR count). The first-order chi connectivity index (χ1) is 14.6. The fraction of sp³-hybridized carbons (Fsp3) is 0.0870. The Bertz CT molecular complexity index is 1300. The van der Waals surface area contributed by atoms with Crippen LogP contribution in [0.1, 0.15) is 27.2 Å².